The maximum absolute atomic E-state index is 11.6. The lowest BCUT2D eigenvalue weighted by molar-refractivity contribution is -0.165. The first-order chi connectivity index (χ1) is 4.39. The van der Waals surface area contributed by atoms with Gasteiger partial charge in [-0.05, 0) is 0 Å². The van der Waals surface area contributed by atoms with E-state index in [1.54, 1.807) is 0 Å². The minimum Gasteiger partial charge on any atom is -0.286 e. The molecule has 0 bridgehead atoms. The zero-order chi connectivity index (χ0) is 8.36. The summed E-state index contributed by atoms with van der Waals surface area (Å²) in [5.41, 5.74) is 0. The number of alkyl halides is 3. The van der Waals surface area contributed by atoms with Crippen molar-refractivity contribution in [3.05, 3.63) is 12.7 Å². The Labute approximate surface area is 61.3 Å². The number of carbonyl (C=O) groups excluding carboxylic acids is 1. The third-order valence-corrected chi connectivity index (χ3v) is 1.13. The van der Waals surface area contributed by atoms with E-state index in [2.05, 4.69) is 19.2 Å². The smallest absolute Gasteiger partial charge is 0.286 e. The van der Waals surface area contributed by atoms with Crippen molar-refractivity contribution in [2.75, 3.05) is 0 Å². The Bertz CT molecular complexity index is 151. The molecule has 1 nitrogen and oxygen atoms in total. The SMILES string of the molecule is C=CC(C(=O)S)C(F)(F)F. The second-order valence-corrected chi connectivity index (χ2v) is 2.03. The highest BCUT2D eigenvalue weighted by atomic mass is 32.1. The molecule has 0 aromatic carbocycles. The molecule has 5 heteroatoms. The molecule has 1 atom stereocenters. The Morgan fingerprint density at radius 3 is 2.00 bits per heavy atom. The molecule has 0 aromatic heterocycles. The normalized spacial score (nSPS) is 14.4. The van der Waals surface area contributed by atoms with Crippen LogP contribution in [0.4, 0.5) is 13.2 Å². The third kappa shape index (κ3) is 2.43. The van der Waals surface area contributed by atoms with Crippen LogP contribution in [-0.2, 0) is 4.79 Å². The molecule has 0 rings (SSSR count). The minimum absolute atomic E-state index is 0.523. The summed E-state index contributed by atoms with van der Waals surface area (Å²) >= 11 is 3.04. The largest absolute Gasteiger partial charge is 0.402 e. The first-order valence-corrected chi connectivity index (χ1v) is 2.76. The molecule has 0 aliphatic carbocycles. The molecule has 0 aliphatic rings. The second-order valence-electron chi connectivity index (χ2n) is 1.59. The highest BCUT2D eigenvalue weighted by Gasteiger charge is 2.41. The highest BCUT2D eigenvalue weighted by molar-refractivity contribution is 7.96. The van der Waals surface area contributed by atoms with Crippen molar-refractivity contribution >= 4 is 17.7 Å². The molecule has 1 unspecified atom stereocenters. The lowest BCUT2D eigenvalue weighted by atomic mass is 10.2. The van der Waals surface area contributed by atoms with Crippen molar-refractivity contribution in [1.29, 1.82) is 0 Å². The molecule has 0 aliphatic heterocycles. The van der Waals surface area contributed by atoms with Crippen LogP contribution in [0.15, 0.2) is 12.7 Å². The van der Waals surface area contributed by atoms with E-state index in [9.17, 15) is 18.0 Å². The summed E-state index contributed by atoms with van der Waals surface area (Å²) in [4.78, 5) is 10.1. The third-order valence-electron chi connectivity index (χ3n) is 0.854. The van der Waals surface area contributed by atoms with Gasteiger partial charge in [-0.3, -0.25) is 4.79 Å². The molecule has 0 aromatic rings. The van der Waals surface area contributed by atoms with Crippen molar-refractivity contribution in [3.63, 3.8) is 0 Å². The zero-order valence-corrected chi connectivity index (χ0v) is 5.75. The van der Waals surface area contributed by atoms with Crippen LogP contribution in [0.2, 0.25) is 0 Å². The summed E-state index contributed by atoms with van der Waals surface area (Å²) in [6.45, 7) is 2.86. The van der Waals surface area contributed by atoms with E-state index in [0.717, 1.165) is 0 Å². The fraction of sp³-hybridized carbons (Fsp3) is 0.400. The van der Waals surface area contributed by atoms with Crippen molar-refractivity contribution in [2.45, 2.75) is 6.18 Å². The molecule has 10 heavy (non-hydrogen) atoms. The molecule has 0 heterocycles. The Morgan fingerprint density at radius 2 is 2.00 bits per heavy atom. The number of rotatable bonds is 2. The molecule has 0 amide bonds. The van der Waals surface area contributed by atoms with Gasteiger partial charge in [-0.25, -0.2) is 0 Å². The van der Waals surface area contributed by atoms with Gasteiger partial charge < -0.3 is 0 Å². The van der Waals surface area contributed by atoms with Gasteiger partial charge >= 0.3 is 6.18 Å². The second kappa shape index (κ2) is 3.09. The van der Waals surface area contributed by atoms with Crippen molar-refractivity contribution < 1.29 is 18.0 Å². The lowest BCUT2D eigenvalue weighted by Gasteiger charge is -2.11. The van der Waals surface area contributed by atoms with E-state index in [-0.39, 0.29) is 0 Å². The molecule has 0 fully saturated rings. The summed E-state index contributed by atoms with van der Waals surface area (Å²) in [6.07, 6.45) is -4.03. The molecular formula is C5H5F3OS. The summed E-state index contributed by atoms with van der Waals surface area (Å²) < 4.78 is 34.9. The summed E-state index contributed by atoms with van der Waals surface area (Å²) in [5.74, 6) is -2.14. The number of allylic oxidation sites excluding steroid dienone is 1. The number of hydrogen-bond donors (Lipinski definition) is 1. The fourth-order valence-electron chi connectivity index (χ4n) is 0.374. The van der Waals surface area contributed by atoms with Crippen LogP contribution >= 0.6 is 12.6 Å². The van der Waals surface area contributed by atoms with Crippen LogP contribution < -0.4 is 0 Å². The van der Waals surface area contributed by atoms with E-state index in [1.165, 1.54) is 0 Å². The molecule has 0 N–H and O–H groups in total. The highest BCUT2D eigenvalue weighted by Crippen LogP contribution is 2.28. The predicted molar refractivity (Wildman–Crippen MR) is 33.7 cm³/mol. The van der Waals surface area contributed by atoms with Gasteiger partial charge in [0.1, 0.15) is 5.92 Å². The quantitative estimate of drug-likeness (QED) is 0.494. The average Bonchev–Trinajstić information content (AvgIpc) is 1.60. The van der Waals surface area contributed by atoms with Gasteiger partial charge in [0.05, 0.1) is 0 Å². The van der Waals surface area contributed by atoms with Crippen molar-refractivity contribution in [1.82, 2.24) is 0 Å². The van der Waals surface area contributed by atoms with E-state index >= 15 is 0 Å². The predicted octanol–water partition coefficient (Wildman–Crippen LogP) is 1.81. The molecule has 0 saturated heterocycles. The van der Waals surface area contributed by atoms with Gasteiger partial charge in [0.2, 0.25) is 5.12 Å². The van der Waals surface area contributed by atoms with E-state index in [0.29, 0.717) is 6.08 Å². The number of carbonyl (C=O) groups is 1. The Balaban J connectivity index is 4.36. The zero-order valence-electron chi connectivity index (χ0n) is 4.85. The summed E-state index contributed by atoms with van der Waals surface area (Å²) in [5, 5.41) is -1.23. The molecule has 58 valence electrons. The van der Waals surface area contributed by atoms with E-state index in [1.807, 2.05) is 0 Å². The number of thiol groups is 1. The summed E-state index contributed by atoms with van der Waals surface area (Å²) in [7, 11) is 0. The van der Waals surface area contributed by atoms with Crippen LogP contribution in [0.3, 0.4) is 0 Å². The number of hydrogen-bond acceptors (Lipinski definition) is 1. The van der Waals surface area contributed by atoms with Gasteiger partial charge in [0.25, 0.3) is 0 Å². The maximum atomic E-state index is 11.6. The first-order valence-electron chi connectivity index (χ1n) is 2.31. The van der Waals surface area contributed by atoms with Gasteiger partial charge in [-0.2, -0.15) is 13.2 Å². The van der Waals surface area contributed by atoms with Crippen LogP contribution in [0, 0.1) is 5.92 Å². The van der Waals surface area contributed by atoms with Crippen LogP contribution in [0.25, 0.3) is 0 Å². The van der Waals surface area contributed by atoms with Crippen molar-refractivity contribution in [2.24, 2.45) is 5.92 Å². The molecule has 0 saturated carbocycles. The van der Waals surface area contributed by atoms with Crippen LogP contribution in [0.5, 0.6) is 0 Å². The molecular weight excluding hydrogens is 165 g/mol. The Kier molecular flexibility index (Phi) is 2.96. The lowest BCUT2D eigenvalue weighted by Crippen LogP contribution is -2.25. The number of halogens is 3. The van der Waals surface area contributed by atoms with Gasteiger partial charge in [0, 0.05) is 0 Å². The van der Waals surface area contributed by atoms with Crippen LogP contribution in [0.1, 0.15) is 0 Å². The average molecular weight is 170 g/mol. The topological polar surface area (TPSA) is 17.1 Å². The van der Waals surface area contributed by atoms with Gasteiger partial charge in [-0.1, -0.05) is 6.08 Å². The van der Waals surface area contributed by atoms with E-state index in [4.69, 9.17) is 0 Å². The molecule has 0 radical (unpaired) electrons. The van der Waals surface area contributed by atoms with Gasteiger partial charge in [-0.15, -0.1) is 19.2 Å². The fourth-order valence-corrected chi connectivity index (χ4v) is 0.626. The van der Waals surface area contributed by atoms with Gasteiger partial charge in [0.15, 0.2) is 0 Å². The molecule has 0 spiro atoms. The van der Waals surface area contributed by atoms with Crippen molar-refractivity contribution in [3.8, 4) is 0 Å². The van der Waals surface area contributed by atoms with Crippen LogP contribution in [-0.4, -0.2) is 11.3 Å². The first kappa shape index (κ1) is 9.55. The minimum atomic E-state index is -4.55. The Hall–Kier alpha value is -0.450. The monoisotopic (exact) mass is 170 g/mol. The standard InChI is InChI=1S/C5H5F3OS/c1-2-3(4(9)10)5(6,7)8/h2-3H,1H2,(H,9,10). The van der Waals surface area contributed by atoms with E-state index < -0.39 is 17.2 Å². The summed E-state index contributed by atoms with van der Waals surface area (Å²) in [6, 6.07) is 0. The maximum Gasteiger partial charge on any atom is 0.402 e. The Morgan fingerprint density at radius 1 is 1.60 bits per heavy atom.